The Labute approximate surface area is 171 Å². The maximum Gasteiger partial charge on any atom is 0.204 e. The molecule has 0 amide bonds. The van der Waals surface area contributed by atoms with Crippen LogP contribution in [-0.4, -0.2) is 47.4 Å². The number of halogens is 1. The van der Waals surface area contributed by atoms with Crippen LogP contribution in [0.5, 0.6) is 28.7 Å². The quantitative estimate of drug-likeness (QED) is 0.445. The number of Topliss-reactive ketones (excluding diaryl/α,β-unsaturated/α-hetero) is 1. The van der Waals surface area contributed by atoms with E-state index in [1.54, 1.807) is 32.4 Å². The second-order valence-electron chi connectivity index (χ2n) is 5.96. The van der Waals surface area contributed by atoms with Crippen molar-refractivity contribution in [2.75, 3.05) is 35.5 Å². The van der Waals surface area contributed by atoms with Gasteiger partial charge in [0, 0.05) is 5.56 Å². The minimum Gasteiger partial charge on any atom is -0.493 e. The number of ketones is 1. The van der Waals surface area contributed by atoms with Gasteiger partial charge in [0.1, 0.15) is 6.10 Å². The van der Waals surface area contributed by atoms with E-state index in [0.29, 0.717) is 38.8 Å². The van der Waals surface area contributed by atoms with Crippen molar-refractivity contribution in [3.63, 3.8) is 0 Å². The molecule has 0 aliphatic carbocycles. The first kappa shape index (κ1) is 20.3. The average molecular weight is 453 g/mol. The Morgan fingerprint density at radius 2 is 1.50 bits per heavy atom. The lowest BCUT2D eigenvalue weighted by Gasteiger charge is -2.16. The summed E-state index contributed by atoms with van der Waals surface area (Å²) >= 11 is 3.44. The Balaban J connectivity index is 1.90. The summed E-state index contributed by atoms with van der Waals surface area (Å²) < 4.78 is 32.8. The van der Waals surface area contributed by atoms with Crippen LogP contribution in [0.1, 0.15) is 22.0 Å². The number of methoxy groups -OCH3 is 5. The third-order valence-corrected chi connectivity index (χ3v) is 5.31. The fourth-order valence-electron chi connectivity index (χ4n) is 3.05. The zero-order valence-corrected chi connectivity index (χ0v) is 17.8. The minimum atomic E-state index is -0.614. The van der Waals surface area contributed by atoms with Crippen LogP contribution in [0.4, 0.5) is 0 Å². The van der Waals surface area contributed by atoms with Crippen molar-refractivity contribution in [3.05, 3.63) is 39.9 Å². The van der Waals surface area contributed by atoms with Gasteiger partial charge in [-0.2, -0.15) is 0 Å². The highest BCUT2D eigenvalue weighted by Crippen LogP contribution is 2.48. The fraction of sp³-hybridized carbons (Fsp3) is 0.350. The van der Waals surface area contributed by atoms with Crippen molar-refractivity contribution in [3.8, 4) is 28.7 Å². The van der Waals surface area contributed by atoms with E-state index in [1.807, 2.05) is 6.07 Å². The number of carbonyl (C=O) groups is 1. The molecular weight excluding hydrogens is 432 g/mol. The van der Waals surface area contributed by atoms with Crippen LogP contribution in [0.15, 0.2) is 28.7 Å². The lowest BCUT2D eigenvalue weighted by atomic mass is 10.0. The van der Waals surface area contributed by atoms with E-state index >= 15 is 0 Å². The van der Waals surface area contributed by atoms with Crippen molar-refractivity contribution in [1.29, 1.82) is 0 Å². The maximum atomic E-state index is 13.1. The smallest absolute Gasteiger partial charge is 0.204 e. The number of carbonyl (C=O) groups excluding carboxylic acids is 1. The molecule has 0 radical (unpaired) electrons. The van der Waals surface area contributed by atoms with Crippen LogP contribution in [0.25, 0.3) is 0 Å². The molecular formula is C20H21BrO7. The molecule has 1 heterocycles. The molecule has 2 aromatic carbocycles. The molecule has 2 atom stereocenters. The average Bonchev–Trinajstić information content (AvgIpc) is 3.53. The van der Waals surface area contributed by atoms with E-state index in [1.165, 1.54) is 21.3 Å². The largest absolute Gasteiger partial charge is 0.493 e. The van der Waals surface area contributed by atoms with Crippen LogP contribution in [0.2, 0.25) is 0 Å². The van der Waals surface area contributed by atoms with Crippen LogP contribution < -0.4 is 23.7 Å². The first-order valence-corrected chi connectivity index (χ1v) is 9.20. The first-order valence-electron chi connectivity index (χ1n) is 8.40. The number of benzene rings is 2. The fourth-order valence-corrected chi connectivity index (χ4v) is 3.70. The Morgan fingerprint density at radius 3 is 2.07 bits per heavy atom. The SMILES string of the molecule is COc1ccc([C@@H]2O[C@@H]2C(=O)c2cc(OC)c(OC)c(OC)c2Br)cc1OC. The van der Waals surface area contributed by atoms with Gasteiger partial charge in [0.2, 0.25) is 5.75 Å². The lowest BCUT2D eigenvalue weighted by molar-refractivity contribution is 0.0952. The summed E-state index contributed by atoms with van der Waals surface area (Å²) in [5.41, 5.74) is 1.22. The molecule has 1 saturated heterocycles. The lowest BCUT2D eigenvalue weighted by Crippen LogP contribution is -2.11. The first-order chi connectivity index (χ1) is 13.5. The van der Waals surface area contributed by atoms with Gasteiger partial charge in [-0.1, -0.05) is 6.07 Å². The Kier molecular flexibility index (Phi) is 6.00. The van der Waals surface area contributed by atoms with Gasteiger partial charge in [-0.25, -0.2) is 0 Å². The van der Waals surface area contributed by atoms with E-state index in [4.69, 9.17) is 28.4 Å². The third kappa shape index (κ3) is 3.49. The zero-order valence-electron chi connectivity index (χ0n) is 16.2. The van der Waals surface area contributed by atoms with Crippen molar-refractivity contribution < 1.29 is 33.2 Å². The molecule has 150 valence electrons. The van der Waals surface area contributed by atoms with Crippen LogP contribution in [0, 0.1) is 0 Å². The van der Waals surface area contributed by atoms with Crippen LogP contribution in [0.3, 0.4) is 0 Å². The standard InChI is InChI=1S/C20H21BrO7/c1-23-12-7-6-10(8-13(12)24-2)17-20(28-17)16(22)11-9-14(25-3)18(26-4)19(27-5)15(11)21/h6-9,17,20H,1-5H3/t17-,20+/m0/s1. The van der Waals surface area contributed by atoms with E-state index in [2.05, 4.69) is 15.9 Å². The second-order valence-corrected chi connectivity index (χ2v) is 6.76. The predicted octanol–water partition coefficient (Wildman–Crippen LogP) is 3.81. The topological polar surface area (TPSA) is 75.8 Å². The van der Waals surface area contributed by atoms with Gasteiger partial charge in [-0.05, 0) is 39.7 Å². The molecule has 2 aromatic rings. The summed E-state index contributed by atoms with van der Waals surface area (Å²) in [4.78, 5) is 13.1. The predicted molar refractivity (Wildman–Crippen MR) is 105 cm³/mol. The van der Waals surface area contributed by atoms with Gasteiger partial charge in [-0.3, -0.25) is 4.79 Å². The van der Waals surface area contributed by atoms with Crippen LogP contribution >= 0.6 is 15.9 Å². The van der Waals surface area contributed by atoms with Gasteiger partial charge < -0.3 is 28.4 Å². The number of hydrogen-bond donors (Lipinski definition) is 0. The molecule has 1 fully saturated rings. The molecule has 7 nitrogen and oxygen atoms in total. The monoisotopic (exact) mass is 452 g/mol. The summed E-state index contributed by atoms with van der Waals surface area (Å²) in [5, 5.41) is 0. The number of epoxide rings is 1. The van der Waals surface area contributed by atoms with Gasteiger partial charge in [0.15, 0.2) is 34.9 Å². The number of hydrogen-bond acceptors (Lipinski definition) is 7. The summed E-state index contributed by atoms with van der Waals surface area (Å²) in [7, 11) is 7.63. The molecule has 1 aliphatic heterocycles. The zero-order chi connectivity index (χ0) is 20.4. The van der Waals surface area contributed by atoms with E-state index in [-0.39, 0.29) is 11.9 Å². The Bertz CT molecular complexity index is 897. The molecule has 0 saturated carbocycles. The van der Waals surface area contributed by atoms with E-state index in [9.17, 15) is 4.79 Å². The maximum absolute atomic E-state index is 13.1. The molecule has 0 spiro atoms. The Hall–Kier alpha value is -2.45. The number of rotatable bonds is 8. The molecule has 8 heteroatoms. The van der Waals surface area contributed by atoms with E-state index in [0.717, 1.165) is 5.56 Å². The molecule has 28 heavy (non-hydrogen) atoms. The number of ether oxygens (including phenoxy) is 6. The normalized spacial score (nSPS) is 17.6. The summed E-state index contributed by atoms with van der Waals surface area (Å²) in [6, 6.07) is 7.05. The highest BCUT2D eigenvalue weighted by atomic mass is 79.9. The minimum absolute atomic E-state index is 0.189. The molecule has 0 bridgehead atoms. The highest BCUT2D eigenvalue weighted by molar-refractivity contribution is 9.10. The summed E-state index contributed by atoms with van der Waals surface area (Å²) in [5.74, 6) is 2.19. The summed E-state index contributed by atoms with van der Waals surface area (Å²) in [6.45, 7) is 0. The second kappa shape index (κ2) is 8.28. The van der Waals surface area contributed by atoms with Crippen molar-refractivity contribution >= 4 is 21.7 Å². The van der Waals surface area contributed by atoms with Gasteiger partial charge in [0.25, 0.3) is 0 Å². The van der Waals surface area contributed by atoms with Crippen molar-refractivity contribution in [1.82, 2.24) is 0 Å². The van der Waals surface area contributed by atoms with Crippen molar-refractivity contribution in [2.24, 2.45) is 0 Å². The Morgan fingerprint density at radius 1 is 0.857 bits per heavy atom. The molecule has 1 aliphatic rings. The van der Waals surface area contributed by atoms with Gasteiger partial charge in [0.05, 0.1) is 40.0 Å². The third-order valence-electron chi connectivity index (χ3n) is 4.52. The molecule has 0 unspecified atom stereocenters. The van der Waals surface area contributed by atoms with Gasteiger partial charge in [-0.15, -0.1) is 0 Å². The molecule has 0 aromatic heterocycles. The van der Waals surface area contributed by atoms with Crippen LogP contribution in [-0.2, 0) is 4.74 Å². The highest BCUT2D eigenvalue weighted by Gasteiger charge is 2.47. The van der Waals surface area contributed by atoms with Gasteiger partial charge >= 0.3 is 0 Å². The molecule has 3 rings (SSSR count). The van der Waals surface area contributed by atoms with Crippen molar-refractivity contribution in [2.45, 2.75) is 12.2 Å². The van der Waals surface area contributed by atoms with E-state index < -0.39 is 6.10 Å². The summed E-state index contributed by atoms with van der Waals surface area (Å²) in [6.07, 6.45) is -0.976. The molecule has 0 N–H and O–H groups in total.